The van der Waals surface area contributed by atoms with Crippen LogP contribution >= 0.6 is 0 Å². The second-order valence-corrected chi connectivity index (χ2v) is 9.77. The van der Waals surface area contributed by atoms with E-state index < -0.39 is 0 Å². The third kappa shape index (κ3) is 3.23. The van der Waals surface area contributed by atoms with E-state index in [-0.39, 0.29) is 0 Å². The van der Waals surface area contributed by atoms with Crippen LogP contribution in [0.3, 0.4) is 0 Å². The first-order valence-corrected chi connectivity index (χ1v) is 12.2. The molecule has 0 atom stereocenters. The molecule has 0 radical (unpaired) electrons. The largest absolute Gasteiger partial charge is 0.488 e. The van der Waals surface area contributed by atoms with E-state index in [1.165, 1.54) is 29.8 Å². The van der Waals surface area contributed by atoms with Crippen molar-refractivity contribution in [2.75, 3.05) is 0 Å². The zero-order valence-corrected chi connectivity index (χ0v) is 19.0. The molecule has 4 nitrogen and oxygen atoms in total. The van der Waals surface area contributed by atoms with Crippen LogP contribution in [0.1, 0.15) is 65.2 Å². The number of imidazole rings is 1. The first-order chi connectivity index (χ1) is 16.8. The number of hydrogen-bond acceptors (Lipinski definition) is 3. The topological polar surface area (TPSA) is 50.3 Å². The molecule has 0 unspecified atom stereocenters. The summed E-state index contributed by atoms with van der Waals surface area (Å²) in [5.41, 5.74) is 10.1. The van der Waals surface area contributed by atoms with Crippen molar-refractivity contribution in [2.24, 2.45) is 5.92 Å². The fourth-order valence-corrected chi connectivity index (χ4v) is 5.35. The standard InChI is InChI=1S/C30H25N3O/c31-17-25(20-9-10-20)29-23-13-8-19(15-22(23)18-34-27-6-2-1-5-24(27)29)16-26-30(21-11-12-21)32-28-7-3-4-14-33(26)28/h1-8,13-15,20-21H,9-12,16,18H2. The third-order valence-electron chi connectivity index (χ3n) is 7.35. The molecule has 0 N–H and O–H groups in total. The molecule has 1 aliphatic heterocycles. The Bertz CT molecular complexity index is 1510. The molecule has 4 heteroatoms. The van der Waals surface area contributed by atoms with E-state index in [4.69, 9.17) is 9.72 Å². The fraction of sp³-hybridized carbons (Fsp3) is 0.267. The highest BCUT2D eigenvalue weighted by Gasteiger charge is 2.33. The van der Waals surface area contributed by atoms with Crippen LogP contribution in [0, 0.1) is 17.2 Å². The minimum Gasteiger partial charge on any atom is -0.488 e. The van der Waals surface area contributed by atoms with Gasteiger partial charge in [-0.3, -0.25) is 0 Å². The highest BCUT2D eigenvalue weighted by molar-refractivity contribution is 5.89. The van der Waals surface area contributed by atoms with Crippen molar-refractivity contribution in [3.63, 3.8) is 0 Å². The monoisotopic (exact) mass is 443 g/mol. The van der Waals surface area contributed by atoms with E-state index in [2.05, 4.69) is 59.1 Å². The van der Waals surface area contributed by atoms with Crippen molar-refractivity contribution < 1.29 is 4.74 Å². The van der Waals surface area contributed by atoms with Gasteiger partial charge in [0, 0.05) is 35.2 Å². The molecule has 0 bridgehead atoms. The highest BCUT2D eigenvalue weighted by atomic mass is 16.5. The van der Waals surface area contributed by atoms with Crippen LogP contribution < -0.4 is 4.74 Å². The Morgan fingerprint density at radius 2 is 1.85 bits per heavy atom. The molecule has 4 aromatic rings. The summed E-state index contributed by atoms with van der Waals surface area (Å²) >= 11 is 0. The minimum absolute atomic E-state index is 0.373. The molecule has 2 aromatic carbocycles. The highest BCUT2D eigenvalue weighted by Crippen LogP contribution is 2.46. The summed E-state index contributed by atoms with van der Waals surface area (Å²) in [4.78, 5) is 4.97. The number of allylic oxidation sites excluding steroid dienone is 1. The second-order valence-electron chi connectivity index (χ2n) is 9.77. The zero-order valence-electron chi connectivity index (χ0n) is 19.0. The summed E-state index contributed by atoms with van der Waals surface area (Å²) in [5, 5.41) is 10.1. The molecule has 0 spiro atoms. The average molecular weight is 444 g/mol. The Balaban J connectivity index is 1.35. The van der Waals surface area contributed by atoms with Crippen LogP contribution in [-0.2, 0) is 13.0 Å². The number of pyridine rings is 1. The lowest BCUT2D eigenvalue weighted by atomic mass is 9.88. The summed E-state index contributed by atoms with van der Waals surface area (Å²) < 4.78 is 8.52. The quantitative estimate of drug-likeness (QED) is 0.342. The van der Waals surface area contributed by atoms with Gasteiger partial charge < -0.3 is 9.14 Å². The van der Waals surface area contributed by atoms with Crippen LogP contribution in [0.15, 0.2) is 72.4 Å². The Hall–Kier alpha value is -3.84. The molecule has 3 heterocycles. The lowest BCUT2D eigenvalue weighted by Gasteiger charge is -2.14. The van der Waals surface area contributed by atoms with Gasteiger partial charge in [0.15, 0.2) is 0 Å². The SMILES string of the molecule is N#CC(=C1c2ccc(Cc3c(C4CC4)nc4ccccn34)cc2COc2ccccc21)C1CC1. The molecule has 2 aliphatic carbocycles. The molecule has 34 heavy (non-hydrogen) atoms. The van der Waals surface area contributed by atoms with Crippen LogP contribution in [0.4, 0.5) is 0 Å². The molecule has 7 rings (SSSR count). The van der Waals surface area contributed by atoms with Gasteiger partial charge in [0.05, 0.1) is 17.5 Å². The van der Waals surface area contributed by atoms with Crippen molar-refractivity contribution in [3.05, 3.63) is 106 Å². The van der Waals surface area contributed by atoms with Gasteiger partial charge in [-0.1, -0.05) is 42.5 Å². The Morgan fingerprint density at radius 1 is 1.00 bits per heavy atom. The van der Waals surface area contributed by atoms with E-state index in [9.17, 15) is 5.26 Å². The van der Waals surface area contributed by atoms with Crippen molar-refractivity contribution in [3.8, 4) is 11.8 Å². The number of aromatic nitrogens is 2. The van der Waals surface area contributed by atoms with Gasteiger partial charge in [-0.25, -0.2) is 4.98 Å². The van der Waals surface area contributed by atoms with Gasteiger partial charge in [0.1, 0.15) is 18.0 Å². The van der Waals surface area contributed by atoms with Crippen LogP contribution in [0.5, 0.6) is 5.75 Å². The van der Waals surface area contributed by atoms with Crippen LogP contribution in [0.2, 0.25) is 0 Å². The van der Waals surface area contributed by atoms with E-state index in [1.54, 1.807) is 0 Å². The number of fused-ring (bicyclic) bond motifs is 3. The summed E-state index contributed by atoms with van der Waals surface area (Å²) in [6, 6.07) is 23.7. The number of benzene rings is 2. The number of rotatable bonds is 4. The predicted octanol–water partition coefficient (Wildman–Crippen LogP) is 6.43. The number of para-hydroxylation sites is 1. The van der Waals surface area contributed by atoms with Crippen molar-refractivity contribution in [2.45, 2.75) is 44.6 Å². The maximum absolute atomic E-state index is 10.1. The maximum atomic E-state index is 10.1. The number of nitrogens with zero attached hydrogens (tertiary/aromatic N) is 3. The summed E-state index contributed by atoms with van der Waals surface area (Å²) in [5.74, 6) is 1.83. The maximum Gasteiger partial charge on any atom is 0.137 e. The van der Waals surface area contributed by atoms with Gasteiger partial charge in [-0.05, 0) is 66.5 Å². The van der Waals surface area contributed by atoms with Crippen LogP contribution in [-0.4, -0.2) is 9.38 Å². The minimum atomic E-state index is 0.373. The first-order valence-electron chi connectivity index (χ1n) is 12.2. The Labute approximate surface area is 199 Å². The number of ether oxygens (including phenoxy) is 1. The van der Waals surface area contributed by atoms with E-state index >= 15 is 0 Å². The van der Waals surface area contributed by atoms with Crippen molar-refractivity contribution in [1.82, 2.24) is 9.38 Å². The second kappa shape index (κ2) is 7.60. The van der Waals surface area contributed by atoms with E-state index in [0.717, 1.165) is 58.5 Å². The van der Waals surface area contributed by atoms with E-state index in [1.807, 2.05) is 18.2 Å². The fourth-order valence-electron chi connectivity index (χ4n) is 5.35. The molecular formula is C30H25N3O. The van der Waals surface area contributed by atoms with Gasteiger partial charge in [-0.15, -0.1) is 0 Å². The molecular weight excluding hydrogens is 418 g/mol. The molecule has 0 amide bonds. The Kier molecular flexibility index (Phi) is 4.38. The molecule has 2 aromatic heterocycles. The predicted molar refractivity (Wildman–Crippen MR) is 132 cm³/mol. The summed E-state index contributed by atoms with van der Waals surface area (Å²) in [6.45, 7) is 0.510. The molecule has 2 fully saturated rings. The van der Waals surface area contributed by atoms with Gasteiger partial charge in [0.2, 0.25) is 0 Å². The van der Waals surface area contributed by atoms with Crippen molar-refractivity contribution in [1.29, 1.82) is 5.26 Å². The smallest absolute Gasteiger partial charge is 0.137 e. The first kappa shape index (κ1) is 19.6. The third-order valence-corrected chi connectivity index (χ3v) is 7.35. The average Bonchev–Trinajstić information content (AvgIpc) is 3.79. The van der Waals surface area contributed by atoms with E-state index in [0.29, 0.717) is 18.4 Å². The molecule has 3 aliphatic rings. The Morgan fingerprint density at radius 3 is 2.68 bits per heavy atom. The zero-order chi connectivity index (χ0) is 22.6. The summed E-state index contributed by atoms with van der Waals surface area (Å²) in [7, 11) is 0. The lowest BCUT2D eigenvalue weighted by Crippen LogP contribution is -2.02. The van der Waals surface area contributed by atoms with Crippen molar-refractivity contribution >= 4 is 11.2 Å². The van der Waals surface area contributed by atoms with Gasteiger partial charge in [0.25, 0.3) is 0 Å². The summed E-state index contributed by atoms with van der Waals surface area (Å²) in [6.07, 6.45) is 7.63. The lowest BCUT2D eigenvalue weighted by molar-refractivity contribution is 0.307. The molecule has 2 saturated carbocycles. The number of nitriles is 1. The van der Waals surface area contributed by atoms with Gasteiger partial charge in [-0.2, -0.15) is 5.26 Å². The normalized spacial score (nSPS) is 18.4. The van der Waals surface area contributed by atoms with Gasteiger partial charge >= 0.3 is 0 Å². The number of hydrogen-bond donors (Lipinski definition) is 0. The van der Waals surface area contributed by atoms with Crippen LogP contribution in [0.25, 0.3) is 11.2 Å². The molecule has 166 valence electrons. The molecule has 0 saturated heterocycles.